The molecule has 0 aliphatic heterocycles. The van der Waals surface area contributed by atoms with E-state index in [-0.39, 0.29) is 18.1 Å². The van der Waals surface area contributed by atoms with Gasteiger partial charge in [-0.05, 0) is 12.8 Å². The fraction of sp³-hybridized carbons (Fsp3) is 0.750. The maximum absolute atomic E-state index is 11.5. The summed E-state index contributed by atoms with van der Waals surface area (Å²) in [5.41, 5.74) is 0. The number of alkyl halides is 3. The molecule has 0 aliphatic rings. The second kappa shape index (κ2) is 4.38. The van der Waals surface area contributed by atoms with E-state index in [9.17, 15) is 13.2 Å². The van der Waals surface area contributed by atoms with Gasteiger partial charge >= 0.3 is 6.18 Å². The summed E-state index contributed by atoms with van der Waals surface area (Å²) in [5, 5.41) is 0. The molecule has 0 spiro atoms. The Morgan fingerprint density at radius 2 is 1.67 bits per heavy atom. The summed E-state index contributed by atoms with van der Waals surface area (Å²) >= 11 is 0. The van der Waals surface area contributed by atoms with Gasteiger partial charge in [0.1, 0.15) is 0 Å². The molecule has 0 N–H and O–H groups in total. The van der Waals surface area contributed by atoms with Crippen LogP contribution < -0.4 is 0 Å². The Hall–Kier alpha value is -0.670. The van der Waals surface area contributed by atoms with Gasteiger partial charge in [-0.15, -0.1) is 0 Å². The molecule has 72 valence electrons. The zero-order valence-corrected chi connectivity index (χ0v) is 7.35. The van der Waals surface area contributed by atoms with Gasteiger partial charge in [0.15, 0.2) is 0 Å². The van der Waals surface area contributed by atoms with Crippen LogP contribution in [0.5, 0.6) is 0 Å². The van der Waals surface area contributed by atoms with Crippen LogP contribution in [0.3, 0.4) is 0 Å². The molecule has 0 aliphatic carbocycles. The van der Waals surface area contributed by atoms with Gasteiger partial charge in [0, 0.05) is 0 Å². The molecule has 0 saturated carbocycles. The number of hydrogen-bond acceptors (Lipinski definition) is 1. The first-order valence-corrected chi connectivity index (χ1v) is 3.73. The van der Waals surface area contributed by atoms with Crippen LogP contribution in [0.25, 0.3) is 0 Å². The van der Waals surface area contributed by atoms with E-state index in [1.165, 1.54) is 0 Å². The summed E-state index contributed by atoms with van der Waals surface area (Å²) in [5.74, 6) is 0.211. The predicted molar refractivity (Wildman–Crippen MR) is 40.6 cm³/mol. The highest BCUT2D eigenvalue weighted by atomic mass is 19.4. The van der Waals surface area contributed by atoms with Gasteiger partial charge in [-0.3, -0.25) is 0 Å². The normalized spacial score (nSPS) is 15.6. The van der Waals surface area contributed by atoms with Gasteiger partial charge in [-0.25, -0.2) is 0 Å². The lowest BCUT2D eigenvalue weighted by Gasteiger charge is -2.14. The largest absolute Gasteiger partial charge is 0.498 e. The standard InChI is InChI=1S/C8H13F3O/c1-6(2)7(3)12-5-4-8(9,10)11/h4-7H,1-3H3/b5-4-. The smallest absolute Gasteiger partial charge is 0.412 e. The molecule has 0 aromatic carbocycles. The maximum Gasteiger partial charge on any atom is 0.412 e. The van der Waals surface area contributed by atoms with Crippen LogP contribution in [0.15, 0.2) is 12.3 Å². The van der Waals surface area contributed by atoms with Crippen molar-refractivity contribution in [2.24, 2.45) is 5.92 Å². The molecule has 0 heterocycles. The number of allylic oxidation sites excluding steroid dienone is 1. The summed E-state index contributed by atoms with van der Waals surface area (Å²) in [4.78, 5) is 0. The van der Waals surface area contributed by atoms with Crippen molar-refractivity contribution in [1.82, 2.24) is 0 Å². The highest BCUT2D eigenvalue weighted by molar-refractivity contribution is 4.83. The monoisotopic (exact) mass is 182 g/mol. The number of rotatable bonds is 3. The molecule has 0 amide bonds. The molecule has 0 fully saturated rings. The summed E-state index contributed by atoms with van der Waals surface area (Å²) < 4.78 is 39.4. The minimum absolute atomic E-state index is 0.0892. The quantitative estimate of drug-likeness (QED) is 0.609. The highest BCUT2D eigenvalue weighted by Crippen LogP contribution is 2.16. The molecule has 1 atom stereocenters. The van der Waals surface area contributed by atoms with Crippen molar-refractivity contribution in [3.05, 3.63) is 12.3 Å². The van der Waals surface area contributed by atoms with Crippen LogP contribution in [0.4, 0.5) is 13.2 Å². The molecule has 12 heavy (non-hydrogen) atoms. The van der Waals surface area contributed by atoms with Gasteiger partial charge < -0.3 is 4.74 Å². The third-order valence-electron chi connectivity index (χ3n) is 1.49. The minimum Gasteiger partial charge on any atom is -0.498 e. The first-order valence-electron chi connectivity index (χ1n) is 3.73. The predicted octanol–water partition coefficient (Wildman–Crippen LogP) is 3.12. The van der Waals surface area contributed by atoms with E-state index in [4.69, 9.17) is 4.74 Å². The first-order chi connectivity index (χ1) is 5.33. The highest BCUT2D eigenvalue weighted by Gasteiger charge is 2.22. The molecule has 0 aromatic heterocycles. The molecule has 0 saturated heterocycles. The molecule has 0 bridgehead atoms. The van der Waals surface area contributed by atoms with Crippen LogP contribution in [0, 0.1) is 5.92 Å². The molecular weight excluding hydrogens is 169 g/mol. The topological polar surface area (TPSA) is 9.23 Å². The summed E-state index contributed by atoms with van der Waals surface area (Å²) in [6.45, 7) is 5.49. The third-order valence-corrected chi connectivity index (χ3v) is 1.49. The Kier molecular flexibility index (Phi) is 4.13. The Balaban J connectivity index is 3.75. The summed E-state index contributed by atoms with van der Waals surface area (Å²) in [7, 11) is 0. The fourth-order valence-electron chi connectivity index (χ4n) is 0.397. The van der Waals surface area contributed by atoms with Crippen LogP contribution in [0.2, 0.25) is 0 Å². The van der Waals surface area contributed by atoms with Crippen molar-refractivity contribution in [3.63, 3.8) is 0 Å². The number of hydrogen-bond donors (Lipinski definition) is 0. The van der Waals surface area contributed by atoms with Crippen molar-refractivity contribution in [2.45, 2.75) is 33.1 Å². The average Bonchev–Trinajstić information content (AvgIpc) is 1.84. The second-order valence-electron chi connectivity index (χ2n) is 2.93. The fourth-order valence-corrected chi connectivity index (χ4v) is 0.397. The summed E-state index contributed by atoms with van der Waals surface area (Å²) in [6, 6.07) is 0. The Labute approximate surface area is 70.2 Å². The lowest BCUT2D eigenvalue weighted by molar-refractivity contribution is -0.0823. The van der Waals surface area contributed by atoms with Crippen LogP contribution >= 0.6 is 0 Å². The van der Waals surface area contributed by atoms with E-state index in [1.807, 2.05) is 13.8 Å². The van der Waals surface area contributed by atoms with E-state index in [1.54, 1.807) is 6.92 Å². The van der Waals surface area contributed by atoms with E-state index in [0.717, 1.165) is 0 Å². The third kappa shape index (κ3) is 6.07. The van der Waals surface area contributed by atoms with Crippen molar-refractivity contribution >= 4 is 0 Å². The Morgan fingerprint density at radius 1 is 1.17 bits per heavy atom. The lowest BCUT2D eigenvalue weighted by Crippen LogP contribution is -2.12. The number of ether oxygens (including phenoxy) is 1. The van der Waals surface area contributed by atoms with E-state index in [0.29, 0.717) is 6.26 Å². The van der Waals surface area contributed by atoms with Crippen LogP contribution in [-0.2, 0) is 4.74 Å². The molecule has 0 radical (unpaired) electrons. The molecule has 1 unspecified atom stereocenters. The van der Waals surface area contributed by atoms with Gasteiger partial charge in [0.2, 0.25) is 0 Å². The summed E-state index contributed by atoms with van der Waals surface area (Å²) in [6.07, 6.45) is -3.68. The van der Waals surface area contributed by atoms with E-state index < -0.39 is 6.18 Å². The van der Waals surface area contributed by atoms with Crippen LogP contribution in [0.1, 0.15) is 20.8 Å². The van der Waals surface area contributed by atoms with Gasteiger partial charge in [0.25, 0.3) is 0 Å². The van der Waals surface area contributed by atoms with Gasteiger partial charge in [-0.2, -0.15) is 13.2 Å². The zero-order valence-electron chi connectivity index (χ0n) is 7.35. The number of halogens is 3. The molecule has 0 aromatic rings. The van der Waals surface area contributed by atoms with Crippen molar-refractivity contribution < 1.29 is 17.9 Å². The maximum atomic E-state index is 11.5. The average molecular weight is 182 g/mol. The molecular formula is C8H13F3O. The molecule has 4 heteroatoms. The van der Waals surface area contributed by atoms with E-state index >= 15 is 0 Å². The lowest BCUT2D eigenvalue weighted by atomic mass is 10.1. The Morgan fingerprint density at radius 3 is 2.00 bits per heavy atom. The van der Waals surface area contributed by atoms with Crippen molar-refractivity contribution in [3.8, 4) is 0 Å². The van der Waals surface area contributed by atoms with Crippen molar-refractivity contribution in [1.29, 1.82) is 0 Å². The first kappa shape index (κ1) is 11.3. The second-order valence-corrected chi connectivity index (χ2v) is 2.93. The minimum atomic E-state index is -4.28. The van der Waals surface area contributed by atoms with Gasteiger partial charge in [0.05, 0.1) is 18.4 Å². The van der Waals surface area contributed by atoms with E-state index in [2.05, 4.69) is 0 Å². The molecule has 1 nitrogen and oxygen atoms in total. The van der Waals surface area contributed by atoms with Gasteiger partial charge in [-0.1, -0.05) is 13.8 Å². The SMILES string of the molecule is CC(C)C(C)O/C=C\C(F)(F)F. The molecule has 0 rings (SSSR count). The Bertz CT molecular complexity index is 149. The van der Waals surface area contributed by atoms with Crippen LogP contribution in [-0.4, -0.2) is 12.3 Å². The van der Waals surface area contributed by atoms with Crippen molar-refractivity contribution in [2.75, 3.05) is 0 Å². The zero-order chi connectivity index (χ0) is 9.78.